The summed E-state index contributed by atoms with van der Waals surface area (Å²) in [5, 5.41) is 10.6. The van der Waals surface area contributed by atoms with Gasteiger partial charge in [0, 0.05) is 38.6 Å². The molecule has 0 radical (unpaired) electrons. The predicted molar refractivity (Wildman–Crippen MR) is 135 cm³/mol. The molecule has 4 rings (SSSR count). The molecule has 1 heterocycles. The van der Waals surface area contributed by atoms with Crippen LogP contribution >= 0.6 is 0 Å². The van der Waals surface area contributed by atoms with Gasteiger partial charge in [-0.3, -0.25) is 0 Å². The normalized spacial score (nSPS) is 18.0. The fraction of sp³-hybridized carbons (Fsp3) is 0.423. The Morgan fingerprint density at radius 3 is 2.45 bits per heavy atom. The molecule has 3 aromatic rings. The first-order valence-corrected chi connectivity index (χ1v) is 11.8. The van der Waals surface area contributed by atoms with E-state index in [4.69, 9.17) is 9.97 Å². The molecule has 174 valence electrons. The second-order valence-corrected chi connectivity index (χ2v) is 9.13. The van der Waals surface area contributed by atoms with Crippen LogP contribution < -0.4 is 20.9 Å². The van der Waals surface area contributed by atoms with Crippen molar-refractivity contribution in [2.24, 2.45) is 5.92 Å². The first kappa shape index (κ1) is 22.8. The number of carbonyl (C=O) groups is 1. The molecular weight excluding hydrogens is 412 g/mol. The van der Waals surface area contributed by atoms with Crippen LogP contribution in [-0.2, 0) is 6.54 Å². The molecule has 7 nitrogen and oxygen atoms in total. The van der Waals surface area contributed by atoms with Gasteiger partial charge in [0.1, 0.15) is 5.82 Å². The molecule has 1 fully saturated rings. The number of anilines is 2. The fourth-order valence-corrected chi connectivity index (χ4v) is 4.44. The Morgan fingerprint density at radius 2 is 1.70 bits per heavy atom. The van der Waals surface area contributed by atoms with Crippen LogP contribution in [0.1, 0.15) is 36.8 Å². The first-order valence-electron chi connectivity index (χ1n) is 11.8. The number of para-hydroxylation sites is 1. The highest BCUT2D eigenvalue weighted by Crippen LogP contribution is 2.28. The molecule has 2 amide bonds. The van der Waals surface area contributed by atoms with E-state index in [1.807, 2.05) is 55.4 Å². The highest BCUT2D eigenvalue weighted by atomic mass is 16.2. The van der Waals surface area contributed by atoms with E-state index in [1.165, 1.54) is 5.56 Å². The third-order valence-electron chi connectivity index (χ3n) is 6.44. The monoisotopic (exact) mass is 446 g/mol. The van der Waals surface area contributed by atoms with E-state index < -0.39 is 0 Å². The summed E-state index contributed by atoms with van der Waals surface area (Å²) in [5.74, 6) is 2.12. The highest BCUT2D eigenvalue weighted by molar-refractivity contribution is 5.90. The number of rotatable bonds is 7. The van der Waals surface area contributed by atoms with Gasteiger partial charge in [0.05, 0.1) is 5.52 Å². The fourth-order valence-electron chi connectivity index (χ4n) is 4.44. The van der Waals surface area contributed by atoms with Crippen molar-refractivity contribution in [2.45, 2.75) is 45.2 Å². The number of aryl methyl sites for hydroxylation is 1. The summed E-state index contributed by atoms with van der Waals surface area (Å²) in [6.07, 6.45) is 4.24. The average molecular weight is 447 g/mol. The number of urea groups is 1. The number of nitrogens with one attached hydrogen (secondary N) is 3. The van der Waals surface area contributed by atoms with Gasteiger partial charge in [-0.2, -0.15) is 4.98 Å². The summed E-state index contributed by atoms with van der Waals surface area (Å²) in [5.41, 5.74) is 3.29. The molecule has 1 aromatic heterocycles. The van der Waals surface area contributed by atoms with Gasteiger partial charge < -0.3 is 20.9 Å². The molecule has 1 saturated carbocycles. The van der Waals surface area contributed by atoms with Crippen LogP contribution in [0.15, 0.2) is 48.5 Å². The van der Waals surface area contributed by atoms with Crippen molar-refractivity contribution in [3.05, 3.63) is 59.7 Å². The number of fused-ring (bicyclic) bond motifs is 1. The number of benzene rings is 2. The van der Waals surface area contributed by atoms with Gasteiger partial charge in [-0.05, 0) is 61.8 Å². The van der Waals surface area contributed by atoms with Gasteiger partial charge in [0.25, 0.3) is 0 Å². The third-order valence-corrected chi connectivity index (χ3v) is 6.44. The Bertz CT molecular complexity index is 1090. The van der Waals surface area contributed by atoms with Gasteiger partial charge in [-0.15, -0.1) is 0 Å². The van der Waals surface area contributed by atoms with E-state index in [0.29, 0.717) is 31.0 Å². The van der Waals surface area contributed by atoms with Crippen molar-refractivity contribution < 1.29 is 4.79 Å². The molecule has 0 aliphatic heterocycles. The molecule has 0 unspecified atom stereocenters. The van der Waals surface area contributed by atoms with Crippen molar-refractivity contribution >= 4 is 28.7 Å². The lowest BCUT2D eigenvalue weighted by Crippen LogP contribution is -2.39. The Morgan fingerprint density at radius 1 is 0.970 bits per heavy atom. The van der Waals surface area contributed by atoms with Crippen molar-refractivity contribution in [2.75, 3.05) is 30.9 Å². The van der Waals surface area contributed by atoms with E-state index in [0.717, 1.165) is 48.0 Å². The quantitative estimate of drug-likeness (QED) is 0.499. The number of nitrogens with zero attached hydrogens (tertiary/aromatic N) is 3. The molecule has 0 atom stereocenters. The van der Waals surface area contributed by atoms with Crippen molar-refractivity contribution in [3.8, 4) is 0 Å². The van der Waals surface area contributed by atoms with E-state index in [2.05, 4.69) is 35.0 Å². The summed E-state index contributed by atoms with van der Waals surface area (Å²) in [6, 6.07) is 16.5. The van der Waals surface area contributed by atoms with Gasteiger partial charge in [-0.25, -0.2) is 9.78 Å². The maximum atomic E-state index is 12.2. The zero-order chi connectivity index (χ0) is 23.2. The Balaban J connectivity index is 1.24. The standard InChI is InChI=1S/C26H34N6O/c1-18-8-4-5-9-20(18)17-28-26(33)27-16-19-12-14-21(15-13-19)29-25-30-23-11-7-6-10-22(23)24(31-25)32(2)3/h4-11,19,21H,12-17H2,1-3H3,(H2,27,28,33)(H,29,30,31)/t19-,21+. The van der Waals surface area contributed by atoms with Crippen LogP contribution in [0.2, 0.25) is 0 Å². The second-order valence-electron chi connectivity index (χ2n) is 9.13. The zero-order valence-corrected chi connectivity index (χ0v) is 19.8. The number of aromatic nitrogens is 2. The molecule has 7 heteroatoms. The Kier molecular flexibility index (Phi) is 7.27. The Labute approximate surface area is 196 Å². The van der Waals surface area contributed by atoms with E-state index in [1.54, 1.807) is 0 Å². The maximum Gasteiger partial charge on any atom is 0.315 e. The minimum absolute atomic E-state index is 0.0979. The molecule has 1 aliphatic carbocycles. The highest BCUT2D eigenvalue weighted by Gasteiger charge is 2.22. The van der Waals surface area contributed by atoms with Crippen molar-refractivity contribution in [1.29, 1.82) is 0 Å². The van der Waals surface area contributed by atoms with E-state index in [-0.39, 0.29) is 6.03 Å². The SMILES string of the molecule is Cc1ccccc1CNC(=O)NC[C@H]1CC[C@@H](Nc2nc(N(C)C)c3ccccc3n2)CC1. The van der Waals surface area contributed by atoms with E-state index in [9.17, 15) is 4.79 Å². The summed E-state index contributed by atoms with van der Waals surface area (Å²) in [7, 11) is 4.02. The molecular formula is C26H34N6O. The number of amides is 2. The molecule has 0 saturated heterocycles. The molecule has 0 spiro atoms. The second kappa shape index (κ2) is 10.5. The lowest BCUT2D eigenvalue weighted by Gasteiger charge is -2.29. The molecule has 3 N–H and O–H groups in total. The van der Waals surface area contributed by atoms with Crippen molar-refractivity contribution in [3.63, 3.8) is 0 Å². The average Bonchev–Trinajstić information content (AvgIpc) is 2.82. The lowest BCUT2D eigenvalue weighted by molar-refractivity contribution is 0.235. The van der Waals surface area contributed by atoms with E-state index >= 15 is 0 Å². The topological polar surface area (TPSA) is 82.2 Å². The first-order chi connectivity index (χ1) is 16.0. The molecule has 2 aromatic carbocycles. The Hall–Kier alpha value is -3.35. The van der Waals surface area contributed by atoms with Crippen molar-refractivity contribution in [1.82, 2.24) is 20.6 Å². The molecule has 0 bridgehead atoms. The largest absolute Gasteiger partial charge is 0.362 e. The summed E-state index contributed by atoms with van der Waals surface area (Å²) in [6.45, 7) is 3.32. The number of hydrogen-bond acceptors (Lipinski definition) is 5. The van der Waals surface area contributed by atoms with Gasteiger partial charge in [-0.1, -0.05) is 36.4 Å². The smallest absolute Gasteiger partial charge is 0.315 e. The third kappa shape index (κ3) is 5.92. The van der Waals surface area contributed by atoms with Crippen LogP contribution in [0, 0.1) is 12.8 Å². The number of hydrogen-bond donors (Lipinski definition) is 3. The summed E-state index contributed by atoms with van der Waals surface area (Å²) >= 11 is 0. The summed E-state index contributed by atoms with van der Waals surface area (Å²) in [4.78, 5) is 23.7. The van der Waals surface area contributed by atoms with Crippen LogP contribution in [0.25, 0.3) is 10.9 Å². The number of carbonyl (C=O) groups excluding carboxylic acids is 1. The maximum absolute atomic E-state index is 12.2. The van der Waals surface area contributed by atoms with Crippen LogP contribution in [0.5, 0.6) is 0 Å². The van der Waals surface area contributed by atoms with Gasteiger partial charge >= 0.3 is 6.03 Å². The lowest BCUT2D eigenvalue weighted by atomic mass is 9.86. The predicted octanol–water partition coefficient (Wildman–Crippen LogP) is 4.47. The van der Waals surface area contributed by atoms with Crippen LogP contribution in [-0.4, -0.2) is 42.7 Å². The molecule has 33 heavy (non-hydrogen) atoms. The minimum Gasteiger partial charge on any atom is -0.362 e. The van der Waals surface area contributed by atoms with Crippen LogP contribution in [0.3, 0.4) is 0 Å². The molecule has 1 aliphatic rings. The summed E-state index contributed by atoms with van der Waals surface area (Å²) < 4.78 is 0. The zero-order valence-electron chi connectivity index (χ0n) is 19.8. The van der Waals surface area contributed by atoms with Gasteiger partial charge in [0.2, 0.25) is 5.95 Å². The van der Waals surface area contributed by atoms with Gasteiger partial charge in [0.15, 0.2) is 0 Å². The van der Waals surface area contributed by atoms with Crippen LogP contribution in [0.4, 0.5) is 16.6 Å². The minimum atomic E-state index is -0.0979.